The maximum atomic E-state index is 12.0. The van der Waals surface area contributed by atoms with Crippen LogP contribution in [0.25, 0.3) is 0 Å². The molecule has 1 heterocycles. The molecule has 2 unspecified atom stereocenters. The second kappa shape index (κ2) is 4.93. The number of nitrogens with one attached hydrogen (secondary N) is 1. The van der Waals surface area contributed by atoms with Crippen molar-refractivity contribution in [2.75, 3.05) is 18.1 Å². The Kier molecular flexibility index (Phi) is 4.31. The van der Waals surface area contributed by atoms with Gasteiger partial charge in [0.1, 0.15) is 0 Å². The van der Waals surface area contributed by atoms with Gasteiger partial charge >= 0.3 is 6.18 Å². The molecule has 2 nitrogen and oxygen atoms in total. The van der Waals surface area contributed by atoms with Crippen LogP contribution in [0.3, 0.4) is 0 Å². The van der Waals surface area contributed by atoms with Gasteiger partial charge in [0.25, 0.3) is 0 Å². The quantitative estimate of drug-likeness (QED) is 0.789. The molecule has 1 saturated heterocycles. The topological polar surface area (TPSA) is 32.3 Å². The molecule has 0 spiro atoms. The normalized spacial score (nSPS) is 29.4. The van der Waals surface area contributed by atoms with Crippen molar-refractivity contribution in [2.24, 2.45) is 0 Å². The lowest BCUT2D eigenvalue weighted by Crippen LogP contribution is -2.44. The number of alkyl halides is 3. The van der Waals surface area contributed by atoms with E-state index in [-0.39, 0.29) is 6.54 Å². The molecule has 90 valence electrons. The number of hydrogen-bond acceptors (Lipinski definition) is 3. The summed E-state index contributed by atoms with van der Waals surface area (Å²) in [7, 11) is 0. The highest BCUT2D eigenvalue weighted by molar-refractivity contribution is 7.99. The molecule has 0 aromatic heterocycles. The van der Waals surface area contributed by atoms with Crippen LogP contribution >= 0.6 is 11.8 Å². The molecular weight excluding hydrogens is 227 g/mol. The molecule has 1 fully saturated rings. The summed E-state index contributed by atoms with van der Waals surface area (Å²) in [5.74, 6) is 1.49. The van der Waals surface area contributed by atoms with Crippen molar-refractivity contribution in [3.05, 3.63) is 0 Å². The summed E-state index contributed by atoms with van der Waals surface area (Å²) in [6.07, 6.45) is -4.33. The minimum absolute atomic E-state index is 0.247. The molecule has 15 heavy (non-hydrogen) atoms. The zero-order chi connectivity index (χ0) is 11.5. The average molecular weight is 243 g/mol. The van der Waals surface area contributed by atoms with Crippen molar-refractivity contribution >= 4 is 11.8 Å². The summed E-state index contributed by atoms with van der Waals surface area (Å²) in [4.78, 5) is 0. The van der Waals surface area contributed by atoms with Crippen molar-refractivity contribution in [3.63, 3.8) is 0 Å². The van der Waals surface area contributed by atoms with Crippen LogP contribution in [0.1, 0.15) is 19.8 Å². The highest BCUT2D eigenvalue weighted by Crippen LogP contribution is 2.27. The van der Waals surface area contributed by atoms with Crippen LogP contribution in [0.4, 0.5) is 13.2 Å². The molecule has 0 saturated carbocycles. The van der Waals surface area contributed by atoms with E-state index in [0.717, 1.165) is 5.75 Å². The van der Waals surface area contributed by atoms with E-state index in [1.54, 1.807) is 11.8 Å². The molecule has 0 amide bonds. The maximum Gasteiger partial charge on any atom is 0.390 e. The lowest BCUT2D eigenvalue weighted by atomic mass is 10.0. The molecule has 1 aliphatic rings. The van der Waals surface area contributed by atoms with Crippen LogP contribution in [0.2, 0.25) is 0 Å². The van der Waals surface area contributed by atoms with E-state index in [2.05, 4.69) is 5.32 Å². The van der Waals surface area contributed by atoms with Crippen LogP contribution in [-0.4, -0.2) is 41.0 Å². The SMILES string of the molecule is CC(CC(F)(F)F)NCC1(O)CCSC1. The number of thioether (sulfide) groups is 1. The Bertz CT molecular complexity index is 204. The van der Waals surface area contributed by atoms with Gasteiger partial charge in [-0.3, -0.25) is 0 Å². The van der Waals surface area contributed by atoms with Crippen molar-refractivity contribution < 1.29 is 18.3 Å². The van der Waals surface area contributed by atoms with E-state index in [1.807, 2.05) is 0 Å². The minimum Gasteiger partial charge on any atom is -0.388 e. The molecule has 0 radical (unpaired) electrons. The minimum atomic E-state index is -4.14. The first kappa shape index (κ1) is 13.1. The van der Waals surface area contributed by atoms with Gasteiger partial charge in [0, 0.05) is 18.3 Å². The average Bonchev–Trinajstić information content (AvgIpc) is 2.47. The van der Waals surface area contributed by atoms with Crippen LogP contribution in [0, 0.1) is 0 Å². The Labute approximate surface area is 91.6 Å². The Hall–Kier alpha value is 0.0600. The fourth-order valence-electron chi connectivity index (χ4n) is 1.52. The van der Waals surface area contributed by atoms with E-state index in [1.165, 1.54) is 6.92 Å². The Morgan fingerprint density at radius 2 is 2.20 bits per heavy atom. The van der Waals surface area contributed by atoms with Crippen LogP contribution in [0.5, 0.6) is 0 Å². The summed E-state index contributed by atoms with van der Waals surface area (Å²) in [5, 5.41) is 12.6. The second-order valence-electron chi connectivity index (χ2n) is 4.13. The Morgan fingerprint density at radius 3 is 2.67 bits per heavy atom. The maximum absolute atomic E-state index is 12.0. The van der Waals surface area contributed by atoms with Crippen LogP contribution in [-0.2, 0) is 0 Å². The van der Waals surface area contributed by atoms with Gasteiger partial charge in [0.2, 0.25) is 0 Å². The van der Waals surface area contributed by atoms with Crippen molar-refractivity contribution in [3.8, 4) is 0 Å². The summed E-state index contributed by atoms with van der Waals surface area (Å²) in [6.45, 7) is 1.73. The summed E-state index contributed by atoms with van der Waals surface area (Å²) in [5.41, 5.74) is -0.815. The van der Waals surface area contributed by atoms with Gasteiger partial charge in [-0.2, -0.15) is 24.9 Å². The van der Waals surface area contributed by atoms with E-state index >= 15 is 0 Å². The van der Waals surface area contributed by atoms with Crippen LogP contribution < -0.4 is 5.32 Å². The highest BCUT2D eigenvalue weighted by atomic mass is 32.2. The summed E-state index contributed by atoms with van der Waals surface area (Å²) >= 11 is 1.63. The number of aliphatic hydroxyl groups is 1. The van der Waals surface area contributed by atoms with E-state index in [4.69, 9.17) is 0 Å². The third-order valence-corrected chi connectivity index (χ3v) is 3.63. The summed E-state index contributed by atoms with van der Waals surface area (Å²) in [6, 6.07) is -0.639. The fourth-order valence-corrected chi connectivity index (χ4v) is 2.81. The van der Waals surface area contributed by atoms with Gasteiger partial charge in [-0.05, 0) is 19.1 Å². The van der Waals surface area contributed by atoms with Gasteiger partial charge in [-0.15, -0.1) is 0 Å². The second-order valence-corrected chi connectivity index (χ2v) is 5.23. The lowest BCUT2D eigenvalue weighted by Gasteiger charge is -2.25. The predicted octanol–water partition coefficient (Wildman–Crippen LogP) is 1.78. The molecular formula is C9H16F3NOS. The third-order valence-electron chi connectivity index (χ3n) is 2.40. The van der Waals surface area contributed by atoms with Crippen LogP contribution in [0.15, 0.2) is 0 Å². The molecule has 1 rings (SSSR count). The number of hydrogen-bond donors (Lipinski definition) is 2. The predicted molar refractivity (Wildman–Crippen MR) is 55.0 cm³/mol. The summed E-state index contributed by atoms with van der Waals surface area (Å²) < 4.78 is 36.0. The molecule has 1 aliphatic heterocycles. The van der Waals surface area contributed by atoms with Gasteiger partial charge in [-0.25, -0.2) is 0 Å². The molecule has 0 bridgehead atoms. The highest BCUT2D eigenvalue weighted by Gasteiger charge is 2.34. The lowest BCUT2D eigenvalue weighted by molar-refractivity contribution is -0.139. The Balaban J connectivity index is 2.24. The smallest absolute Gasteiger partial charge is 0.388 e. The first-order valence-corrected chi connectivity index (χ1v) is 6.06. The zero-order valence-electron chi connectivity index (χ0n) is 8.60. The van der Waals surface area contributed by atoms with Gasteiger partial charge in [0.05, 0.1) is 12.0 Å². The molecule has 6 heteroatoms. The van der Waals surface area contributed by atoms with Crippen molar-refractivity contribution in [1.29, 1.82) is 0 Å². The van der Waals surface area contributed by atoms with Crippen molar-refractivity contribution in [1.82, 2.24) is 5.32 Å². The van der Waals surface area contributed by atoms with E-state index < -0.39 is 24.2 Å². The number of halogens is 3. The molecule has 2 atom stereocenters. The first-order valence-electron chi connectivity index (χ1n) is 4.91. The monoisotopic (exact) mass is 243 g/mol. The molecule has 2 N–H and O–H groups in total. The first-order chi connectivity index (χ1) is 6.81. The molecule has 0 aromatic carbocycles. The van der Waals surface area contributed by atoms with Crippen molar-refractivity contribution in [2.45, 2.75) is 37.6 Å². The van der Waals surface area contributed by atoms with Gasteiger partial charge in [0.15, 0.2) is 0 Å². The van der Waals surface area contributed by atoms with Gasteiger partial charge in [-0.1, -0.05) is 0 Å². The molecule has 0 aliphatic carbocycles. The third kappa shape index (κ3) is 5.08. The molecule has 0 aromatic rings. The largest absolute Gasteiger partial charge is 0.390 e. The standard InChI is InChI=1S/C9H16F3NOS/c1-7(4-9(10,11)12)13-5-8(14)2-3-15-6-8/h7,13-14H,2-6H2,1H3. The van der Waals surface area contributed by atoms with E-state index in [9.17, 15) is 18.3 Å². The fraction of sp³-hybridized carbons (Fsp3) is 1.00. The zero-order valence-corrected chi connectivity index (χ0v) is 9.42. The number of rotatable bonds is 4. The van der Waals surface area contributed by atoms with Gasteiger partial charge < -0.3 is 10.4 Å². The Morgan fingerprint density at radius 1 is 1.53 bits per heavy atom. The van der Waals surface area contributed by atoms with E-state index in [0.29, 0.717) is 12.2 Å².